The van der Waals surface area contributed by atoms with Crippen LogP contribution in [0.25, 0.3) is 0 Å². The lowest BCUT2D eigenvalue weighted by molar-refractivity contribution is 0.0115. The molecular weight excluding hydrogens is 270 g/mol. The first-order chi connectivity index (χ1) is 9.88. The van der Waals surface area contributed by atoms with Crippen molar-refractivity contribution in [3.05, 3.63) is 10.0 Å². The molecule has 1 aromatic heterocycles. The second kappa shape index (κ2) is 9.42. The molecule has 1 unspecified atom stereocenters. The summed E-state index contributed by atoms with van der Waals surface area (Å²) < 4.78 is 5.76. The molecule has 1 atom stereocenters. The predicted molar refractivity (Wildman–Crippen MR) is 83.3 cm³/mol. The average Bonchev–Trinajstić information content (AvgIpc) is 2.94. The van der Waals surface area contributed by atoms with Crippen LogP contribution in [-0.4, -0.2) is 36.0 Å². The van der Waals surface area contributed by atoms with E-state index in [9.17, 15) is 0 Å². The molecule has 114 valence electrons. The van der Waals surface area contributed by atoms with E-state index in [1.807, 2.05) is 0 Å². The molecule has 1 aliphatic rings. The Kier molecular flexibility index (Phi) is 7.47. The maximum Gasteiger partial charge on any atom is 0.117 e. The first-order valence-corrected chi connectivity index (χ1v) is 8.83. The average molecular weight is 297 g/mol. The molecule has 0 radical (unpaired) electrons. The van der Waals surface area contributed by atoms with Crippen LogP contribution in [0.5, 0.6) is 0 Å². The lowest BCUT2D eigenvalue weighted by atomic mass is 10.1. The summed E-state index contributed by atoms with van der Waals surface area (Å²) in [5.74, 6) is 0. The molecule has 0 aliphatic carbocycles. The number of hydrogen-bond acceptors (Lipinski definition) is 5. The lowest BCUT2D eigenvalue weighted by Gasteiger charge is -2.21. The van der Waals surface area contributed by atoms with Gasteiger partial charge in [-0.1, -0.05) is 6.92 Å². The summed E-state index contributed by atoms with van der Waals surface area (Å²) in [6.07, 6.45) is 9.75. The fourth-order valence-corrected chi connectivity index (χ4v) is 3.38. The summed E-state index contributed by atoms with van der Waals surface area (Å²) in [7, 11) is 0. The van der Waals surface area contributed by atoms with Gasteiger partial charge in [0.15, 0.2) is 0 Å². The second-order valence-electron chi connectivity index (χ2n) is 5.47. The van der Waals surface area contributed by atoms with Crippen molar-refractivity contribution >= 4 is 11.3 Å². The van der Waals surface area contributed by atoms with E-state index in [1.165, 1.54) is 35.7 Å². The summed E-state index contributed by atoms with van der Waals surface area (Å²) in [6.45, 7) is 5.33. The van der Waals surface area contributed by atoms with Crippen LogP contribution in [0, 0.1) is 0 Å². The summed E-state index contributed by atoms with van der Waals surface area (Å²) in [5.41, 5.74) is 0. The Morgan fingerprint density at radius 1 is 1.20 bits per heavy atom. The van der Waals surface area contributed by atoms with Gasteiger partial charge in [0, 0.05) is 19.4 Å². The smallest absolute Gasteiger partial charge is 0.117 e. The number of nitrogens with one attached hydrogen (secondary N) is 1. The van der Waals surface area contributed by atoms with E-state index in [-0.39, 0.29) is 0 Å². The Hall–Kier alpha value is -0.520. The minimum Gasteiger partial charge on any atom is -0.378 e. The van der Waals surface area contributed by atoms with Crippen LogP contribution in [0.1, 0.15) is 55.5 Å². The monoisotopic (exact) mass is 297 g/mol. The fraction of sp³-hybridized carbons (Fsp3) is 0.867. The van der Waals surface area contributed by atoms with Crippen molar-refractivity contribution in [2.24, 2.45) is 0 Å². The summed E-state index contributed by atoms with van der Waals surface area (Å²) in [5, 5.41) is 14.4. The molecule has 1 aromatic rings. The molecule has 5 heteroatoms. The Balaban J connectivity index is 1.61. The van der Waals surface area contributed by atoms with Crippen molar-refractivity contribution in [1.29, 1.82) is 0 Å². The van der Waals surface area contributed by atoms with Gasteiger partial charge >= 0.3 is 0 Å². The number of hydrogen-bond donors (Lipinski definition) is 1. The Bertz CT molecular complexity index is 364. The van der Waals surface area contributed by atoms with Gasteiger partial charge in [0.1, 0.15) is 10.0 Å². The molecule has 1 fully saturated rings. The minimum absolute atomic E-state index is 0.453. The van der Waals surface area contributed by atoms with Crippen LogP contribution in [-0.2, 0) is 17.6 Å². The van der Waals surface area contributed by atoms with Gasteiger partial charge in [0.2, 0.25) is 0 Å². The predicted octanol–water partition coefficient (Wildman–Crippen LogP) is 2.97. The van der Waals surface area contributed by atoms with Gasteiger partial charge in [0.25, 0.3) is 0 Å². The van der Waals surface area contributed by atoms with Gasteiger partial charge in [-0.05, 0) is 51.6 Å². The molecule has 1 N–H and O–H groups in total. The molecule has 2 heterocycles. The lowest BCUT2D eigenvalue weighted by Crippen LogP contribution is -2.19. The Morgan fingerprint density at radius 2 is 2.05 bits per heavy atom. The van der Waals surface area contributed by atoms with E-state index >= 15 is 0 Å². The summed E-state index contributed by atoms with van der Waals surface area (Å²) >= 11 is 1.78. The summed E-state index contributed by atoms with van der Waals surface area (Å²) in [6, 6.07) is 0. The fourth-order valence-electron chi connectivity index (χ4n) is 2.48. The number of ether oxygens (including phenoxy) is 1. The Labute approximate surface area is 126 Å². The molecule has 20 heavy (non-hydrogen) atoms. The van der Waals surface area contributed by atoms with Crippen LogP contribution >= 0.6 is 11.3 Å². The highest BCUT2D eigenvalue weighted by Gasteiger charge is 2.14. The van der Waals surface area contributed by atoms with E-state index in [2.05, 4.69) is 22.4 Å². The molecule has 0 aromatic carbocycles. The largest absolute Gasteiger partial charge is 0.378 e. The summed E-state index contributed by atoms with van der Waals surface area (Å²) in [4.78, 5) is 0. The third-order valence-corrected chi connectivity index (χ3v) is 4.68. The van der Waals surface area contributed by atoms with Gasteiger partial charge in [-0.25, -0.2) is 0 Å². The van der Waals surface area contributed by atoms with E-state index in [4.69, 9.17) is 4.74 Å². The zero-order valence-electron chi connectivity index (χ0n) is 12.6. The molecule has 0 spiro atoms. The standard InChI is InChI=1S/C15H27N3OS/c1-2-10-16-11-5-7-14-17-18-15(20-14)9-8-13-6-3-4-12-19-13/h13,16H,2-12H2,1H3. The van der Waals surface area contributed by atoms with Crippen LogP contribution in [0.15, 0.2) is 0 Å². The zero-order chi connectivity index (χ0) is 14.0. The van der Waals surface area contributed by atoms with Gasteiger partial charge < -0.3 is 10.1 Å². The normalized spacial score (nSPS) is 19.4. The van der Waals surface area contributed by atoms with Crippen LogP contribution in [0.2, 0.25) is 0 Å². The third-order valence-electron chi connectivity index (χ3n) is 3.63. The number of nitrogens with zero attached hydrogens (tertiary/aromatic N) is 2. The highest BCUT2D eigenvalue weighted by Crippen LogP contribution is 2.19. The molecule has 1 saturated heterocycles. The SMILES string of the molecule is CCCNCCCc1nnc(CCC2CCCCO2)s1. The van der Waals surface area contributed by atoms with E-state index < -0.39 is 0 Å². The van der Waals surface area contributed by atoms with Gasteiger partial charge in [-0.15, -0.1) is 21.5 Å². The molecule has 1 aliphatic heterocycles. The van der Waals surface area contributed by atoms with Crippen molar-refractivity contribution in [2.45, 2.75) is 64.4 Å². The van der Waals surface area contributed by atoms with Crippen molar-refractivity contribution in [3.63, 3.8) is 0 Å². The molecule has 0 bridgehead atoms. The molecule has 4 nitrogen and oxygen atoms in total. The number of rotatable bonds is 9. The number of aromatic nitrogens is 2. The maximum atomic E-state index is 5.76. The molecular formula is C15H27N3OS. The van der Waals surface area contributed by atoms with E-state index in [0.717, 1.165) is 45.4 Å². The van der Waals surface area contributed by atoms with Crippen molar-refractivity contribution in [3.8, 4) is 0 Å². The second-order valence-corrected chi connectivity index (χ2v) is 6.62. The van der Waals surface area contributed by atoms with Crippen molar-refractivity contribution in [1.82, 2.24) is 15.5 Å². The molecule has 0 amide bonds. The van der Waals surface area contributed by atoms with Gasteiger partial charge in [-0.2, -0.15) is 0 Å². The van der Waals surface area contributed by atoms with E-state index in [0.29, 0.717) is 6.10 Å². The molecule has 0 saturated carbocycles. The van der Waals surface area contributed by atoms with Crippen LogP contribution in [0.3, 0.4) is 0 Å². The highest BCUT2D eigenvalue weighted by atomic mass is 32.1. The van der Waals surface area contributed by atoms with Crippen molar-refractivity contribution in [2.75, 3.05) is 19.7 Å². The Morgan fingerprint density at radius 3 is 2.80 bits per heavy atom. The van der Waals surface area contributed by atoms with Crippen molar-refractivity contribution < 1.29 is 4.74 Å². The van der Waals surface area contributed by atoms with Crippen LogP contribution < -0.4 is 5.32 Å². The zero-order valence-corrected chi connectivity index (χ0v) is 13.4. The highest BCUT2D eigenvalue weighted by molar-refractivity contribution is 7.11. The number of aryl methyl sites for hydroxylation is 2. The van der Waals surface area contributed by atoms with Gasteiger partial charge in [-0.3, -0.25) is 0 Å². The van der Waals surface area contributed by atoms with Gasteiger partial charge in [0.05, 0.1) is 6.10 Å². The van der Waals surface area contributed by atoms with Crippen LogP contribution in [0.4, 0.5) is 0 Å². The maximum absolute atomic E-state index is 5.76. The first-order valence-electron chi connectivity index (χ1n) is 8.02. The minimum atomic E-state index is 0.453. The first kappa shape index (κ1) is 15.9. The molecule has 2 rings (SSSR count). The van der Waals surface area contributed by atoms with E-state index in [1.54, 1.807) is 11.3 Å². The third kappa shape index (κ3) is 5.85. The quantitative estimate of drug-likeness (QED) is 0.712. The topological polar surface area (TPSA) is 47.0 Å².